The minimum Gasteiger partial charge on any atom is -0.482 e. The van der Waals surface area contributed by atoms with E-state index in [0.717, 1.165) is 25.7 Å². The lowest BCUT2D eigenvalue weighted by Gasteiger charge is -2.13. The van der Waals surface area contributed by atoms with Crippen LogP contribution in [0.25, 0.3) is 0 Å². The number of nitrogens with two attached hydrogens (primary N) is 1. The van der Waals surface area contributed by atoms with Gasteiger partial charge in [0, 0.05) is 0 Å². The Labute approximate surface area is 156 Å². The van der Waals surface area contributed by atoms with Gasteiger partial charge in [0.25, 0.3) is 5.91 Å². The van der Waals surface area contributed by atoms with Crippen LogP contribution in [0.5, 0.6) is 5.75 Å². The average Bonchev–Trinajstić information content (AvgIpc) is 3.16. The van der Waals surface area contributed by atoms with Crippen LogP contribution in [0.2, 0.25) is 0 Å². The molecule has 0 unspecified atom stereocenters. The van der Waals surface area contributed by atoms with E-state index in [1.165, 1.54) is 30.3 Å². The summed E-state index contributed by atoms with van der Waals surface area (Å²) >= 11 is 0. The summed E-state index contributed by atoms with van der Waals surface area (Å²) in [7, 11) is 0. The fraction of sp³-hybridized carbons (Fsp3) is 0.300. The molecule has 27 heavy (non-hydrogen) atoms. The molecule has 3 N–H and O–H groups in total. The van der Waals surface area contributed by atoms with Crippen molar-refractivity contribution >= 4 is 23.3 Å². The van der Waals surface area contributed by atoms with E-state index in [9.17, 15) is 14.0 Å². The molecule has 1 saturated carbocycles. The fourth-order valence-electron chi connectivity index (χ4n) is 2.90. The number of halogens is 1. The van der Waals surface area contributed by atoms with Crippen molar-refractivity contribution in [2.75, 3.05) is 17.7 Å². The Morgan fingerprint density at radius 3 is 2.63 bits per heavy atom. The number of amides is 1. The van der Waals surface area contributed by atoms with Crippen LogP contribution < -0.4 is 15.8 Å². The lowest BCUT2D eigenvalue weighted by atomic mass is 10.2. The van der Waals surface area contributed by atoms with Gasteiger partial charge in [-0.3, -0.25) is 4.79 Å². The largest absolute Gasteiger partial charge is 0.482 e. The standard InChI is InChI=1S/C20H21FN2O4/c21-15-7-3-4-8-17(15)23-19(24)12-26-18-11-13(9-10-16(18)22)20(25)27-14-5-1-2-6-14/h3-4,7-11,14H,1-2,5-6,12,22H2,(H,23,24). The van der Waals surface area contributed by atoms with Crippen molar-refractivity contribution in [3.05, 3.63) is 53.8 Å². The molecule has 1 amide bonds. The molecule has 0 heterocycles. The summed E-state index contributed by atoms with van der Waals surface area (Å²) in [5.74, 6) is -1.33. The van der Waals surface area contributed by atoms with Gasteiger partial charge in [0.1, 0.15) is 17.7 Å². The molecule has 0 spiro atoms. The summed E-state index contributed by atoms with van der Waals surface area (Å²) in [6, 6.07) is 10.3. The topological polar surface area (TPSA) is 90.7 Å². The summed E-state index contributed by atoms with van der Waals surface area (Å²) in [5, 5.41) is 2.41. The molecule has 1 fully saturated rings. The van der Waals surface area contributed by atoms with Crippen LogP contribution in [0.15, 0.2) is 42.5 Å². The second-order valence-corrected chi connectivity index (χ2v) is 6.38. The van der Waals surface area contributed by atoms with Crippen molar-refractivity contribution in [2.45, 2.75) is 31.8 Å². The van der Waals surface area contributed by atoms with Crippen molar-refractivity contribution in [3.63, 3.8) is 0 Å². The zero-order valence-electron chi connectivity index (χ0n) is 14.7. The van der Waals surface area contributed by atoms with Gasteiger partial charge in [-0.2, -0.15) is 0 Å². The van der Waals surface area contributed by atoms with Gasteiger partial charge in [0.15, 0.2) is 6.61 Å². The van der Waals surface area contributed by atoms with E-state index in [1.807, 2.05) is 0 Å². The second-order valence-electron chi connectivity index (χ2n) is 6.38. The zero-order valence-corrected chi connectivity index (χ0v) is 14.7. The zero-order chi connectivity index (χ0) is 19.2. The van der Waals surface area contributed by atoms with Gasteiger partial charge in [-0.25, -0.2) is 9.18 Å². The highest BCUT2D eigenvalue weighted by atomic mass is 19.1. The van der Waals surface area contributed by atoms with Crippen LogP contribution in [-0.4, -0.2) is 24.6 Å². The Bertz CT molecular complexity index is 834. The molecule has 7 heteroatoms. The molecule has 3 rings (SSSR count). The molecular weight excluding hydrogens is 351 g/mol. The molecule has 0 saturated heterocycles. The summed E-state index contributed by atoms with van der Waals surface area (Å²) in [6.07, 6.45) is 3.82. The van der Waals surface area contributed by atoms with Crippen LogP contribution in [0.1, 0.15) is 36.0 Å². The van der Waals surface area contributed by atoms with Gasteiger partial charge in [-0.1, -0.05) is 12.1 Å². The van der Waals surface area contributed by atoms with E-state index >= 15 is 0 Å². The van der Waals surface area contributed by atoms with Gasteiger partial charge in [0.2, 0.25) is 0 Å². The number of esters is 1. The predicted molar refractivity (Wildman–Crippen MR) is 99.1 cm³/mol. The number of rotatable bonds is 6. The molecule has 1 aliphatic carbocycles. The Balaban J connectivity index is 1.60. The Morgan fingerprint density at radius 1 is 1.15 bits per heavy atom. The first-order valence-electron chi connectivity index (χ1n) is 8.80. The Morgan fingerprint density at radius 2 is 1.89 bits per heavy atom. The average molecular weight is 372 g/mol. The molecule has 2 aromatic rings. The molecule has 0 aromatic heterocycles. The number of nitrogens with one attached hydrogen (secondary N) is 1. The van der Waals surface area contributed by atoms with Gasteiger partial charge >= 0.3 is 5.97 Å². The molecule has 0 aliphatic heterocycles. The van der Waals surface area contributed by atoms with E-state index in [0.29, 0.717) is 5.56 Å². The Hall–Kier alpha value is -3.09. The van der Waals surface area contributed by atoms with Crippen molar-refractivity contribution in [3.8, 4) is 5.75 Å². The Kier molecular flexibility index (Phi) is 5.90. The molecule has 0 atom stereocenters. The number of ether oxygens (including phenoxy) is 2. The van der Waals surface area contributed by atoms with Crippen LogP contribution in [0.3, 0.4) is 0 Å². The first-order chi connectivity index (χ1) is 13.0. The van der Waals surface area contributed by atoms with Gasteiger partial charge in [0.05, 0.1) is 16.9 Å². The smallest absolute Gasteiger partial charge is 0.338 e. The van der Waals surface area contributed by atoms with Crippen molar-refractivity contribution < 1.29 is 23.5 Å². The van der Waals surface area contributed by atoms with E-state index in [1.54, 1.807) is 12.1 Å². The molecule has 6 nitrogen and oxygen atoms in total. The van der Waals surface area contributed by atoms with Crippen LogP contribution >= 0.6 is 0 Å². The fourth-order valence-corrected chi connectivity index (χ4v) is 2.90. The third kappa shape index (κ3) is 4.97. The molecule has 0 bridgehead atoms. The quantitative estimate of drug-likeness (QED) is 0.598. The predicted octanol–water partition coefficient (Wildman–Crippen LogP) is 3.52. The van der Waals surface area contributed by atoms with Gasteiger partial charge < -0.3 is 20.5 Å². The summed E-state index contributed by atoms with van der Waals surface area (Å²) < 4.78 is 24.4. The van der Waals surface area contributed by atoms with E-state index < -0.39 is 17.7 Å². The summed E-state index contributed by atoms with van der Waals surface area (Å²) in [5.41, 5.74) is 6.50. The first kappa shape index (κ1) is 18.7. The molecule has 2 aromatic carbocycles. The maximum atomic E-state index is 13.6. The number of hydrogen-bond donors (Lipinski definition) is 2. The second kappa shape index (κ2) is 8.53. The molecule has 142 valence electrons. The highest BCUT2D eigenvalue weighted by molar-refractivity contribution is 5.92. The third-order valence-electron chi connectivity index (χ3n) is 4.33. The number of para-hydroxylation sites is 1. The van der Waals surface area contributed by atoms with Crippen molar-refractivity contribution in [1.82, 2.24) is 0 Å². The lowest BCUT2D eigenvalue weighted by Crippen LogP contribution is -2.21. The minimum atomic E-state index is -0.543. The SMILES string of the molecule is Nc1ccc(C(=O)OC2CCCC2)cc1OCC(=O)Nc1ccccc1F. The summed E-state index contributed by atoms with van der Waals surface area (Å²) in [4.78, 5) is 24.2. The number of carbonyl (C=O) groups is 2. The van der Waals surface area contributed by atoms with Crippen LogP contribution in [0.4, 0.5) is 15.8 Å². The van der Waals surface area contributed by atoms with Crippen molar-refractivity contribution in [1.29, 1.82) is 0 Å². The number of hydrogen-bond acceptors (Lipinski definition) is 5. The van der Waals surface area contributed by atoms with E-state index in [2.05, 4.69) is 5.32 Å². The molecular formula is C20H21FN2O4. The van der Waals surface area contributed by atoms with Gasteiger partial charge in [-0.05, 0) is 56.0 Å². The highest BCUT2D eigenvalue weighted by Crippen LogP contribution is 2.26. The monoisotopic (exact) mass is 372 g/mol. The lowest BCUT2D eigenvalue weighted by molar-refractivity contribution is -0.118. The van der Waals surface area contributed by atoms with Gasteiger partial charge in [-0.15, -0.1) is 0 Å². The maximum Gasteiger partial charge on any atom is 0.338 e. The minimum absolute atomic E-state index is 0.0500. The van der Waals surface area contributed by atoms with E-state index in [-0.39, 0.29) is 29.8 Å². The maximum absolute atomic E-state index is 13.6. The number of anilines is 2. The number of carbonyl (C=O) groups excluding carboxylic acids is 2. The molecule has 1 aliphatic rings. The molecule has 0 radical (unpaired) electrons. The first-order valence-corrected chi connectivity index (χ1v) is 8.80. The highest BCUT2D eigenvalue weighted by Gasteiger charge is 2.21. The van der Waals surface area contributed by atoms with Crippen LogP contribution in [0, 0.1) is 5.82 Å². The normalized spacial score (nSPS) is 14.0. The van der Waals surface area contributed by atoms with Crippen LogP contribution in [-0.2, 0) is 9.53 Å². The summed E-state index contributed by atoms with van der Waals surface area (Å²) in [6.45, 7) is -0.375. The number of benzene rings is 2. The number of nitrogen functional groups attached to an aromatic ring is 1. The van der Waals surface area contributed by atoms with Crippen molar-refractivity contribution in [2.24, 2.45) is 0 Å². The third-order valence-corrected chi connectivity index (χ3v) is 4.33. The van der Waals surface area contributed by atoms with E-state index in [4.69, 9.17) is 15.2 Å².